The van der Waals surface area contributed by atoms with E-state index in [0.717, 1.165) is 4.47 Å². The fraction of sp³-hybridized carbons (Fsp3) is 0.455. The van der Waals surface area contributed by atoms with Gasteiger partial charge in [0, 0.05) is 32.5 Å². The van der Waals surface area contributed by atoms with Crippen LogP contribution in [0.4, 0.5) is 0 Å². The molecule has 0 aromatic carbocycles. The molecule has 0 amide bonds. The second-order valence-electron chi connectivity index (χ2n) is 4.43. The van der Waals surface area contributed by atoms with Crippen LogP contribution in [0.2, 0.25) is 0 Å². The van der Waals surface area contributed by atoms with Gasteiger partial charge in [-0.3, -0.25) is 9.36 Å². The third-order valence-corrected chi connectivity index (χ3v) is 4.69. The second-order valence-corrected chi connectivity index (χ2v) is 7.08. The van der Waals surface area contributed by atoms with Crippen LogP contribution in [0.1, 0.15) is 12.1 Å². The minimum Gasteiger partial charge on any atom is -0.274 e. The standard InChI is InChI=1S/C11H16BrN5O2S/c1-9-11(8-16(2)15-9)20(18,19)14-4-3-5-17-7-10(12)6-13-17/h6-8,14H,3-5H2,1-2H3. The van der Waals surface area contributed by atoms with E-state index in [2.05, 4.69) is 30.8 Å². The molecule has 0 atom stereocenters. The summed E-state index contributed by atoms with van der Waals surface area (Å²) in [5.74, 6) is 0. The molecular weight excluding hydrogens is 346 g/mol. The molecule has 0 radical (unpaired) electrons. The molecule has 2 rings (SSSR count). The van der Waals surface area contributed by atoms with E-state index in [4.69, 9.17) is 0 Å². The normalized spacial score (nSPS) is 11.9. The van der Waals surface area contributed by atoms with Crippen LogP contribution in [0.25, 0.3) is 0 Å². The molecule has 0 bridgehead atoms. The number of nitrogens with one attached hydrogen (secondary N) is 1. The highest BCUT2D eigenvalue weighted by Crippen LogP contribution is 2.12. The molecule has 0 saturated heterocycles. The summed E-state index contributed by atoms with van der Waals surface area (Å²) < 4.78 is 30.9. The minimum atomic E-state index is -3.49. The molecule has 9 heteroatoms. The molecule has 2 heterocycles. The Bertz CT molecular complexity index is 691. The van der Waals surface area contributed by atoms with Gasteiger partial charge in [0.15, 0.2) is 0 Å². The summed E-state index contributed by atoms with van der Waals surface area (Å²) in [7, 11) is -1.80. The van der Waals surface area contributed by atoms with Crippen molar-refractivity contribution in [3.05, 3.63) is 28.8 Å². The van der Waals surface area contributed by atoms with Crippen molar-refractivity contribution in [2.75, 3.05) is 6.54 Å². The van der Waals surface area contributed by atoms with Crippen LogP contribution in [-0.4, -0.2) is 34.5 Å². The van der Waals surface area contributed by atoms with Gasteiger partial charge >= 0.3 is 0 Å². The summed E-state index contributed by atoms with van der Waals surface area (Å²) in [6, 6.07) is 0. The van der Waals surface area contributed by atoms with Crippen molar-refractivity contribution in [1.82, 2.24) is 24.3 Å². The molecular formula is C11H16BrN5O2S. The Kier molecular flexibility index (Phi) is 4.61. The van der Waals surface area contributed by atoms with E-state index in [9.17, 15) is 8.42 Å². The summed E-state index contributed by atoms with van der Waals surface area (Å²) in [5, 5.41) is 8.14. The number of sulfonamides is 1. The number of hydrogen-bond donors (Lipinski definition) is 1. The highest BCUT2D eigenvalue weighted by atomic mass is 79.9. The van der Waals surface area contributed by atoms with Gasteiger partial charge < -0.3 is 0 Å². The molecule has 2 aromatic heterocycles. The summed E-state index contributed by atoms with van der Waals surface area (Å²) in [5.41, 5.74) is 0.496. The Hall–Kier alpha value is -1.19. The molecule has 0 aliphatic rings. The van der Waals surface area contributed by atoms with E-state index >= 15 is 0 Å². The van der Waals surface area contributed by atoms with E-state index < -0.39 is 10.0 Å². The smallest absolute Gasteiger partial charge is 0.243 e. The fourth-order valence-electron chi connectivity index (χ4n) is 1.83. The Morgan fingerprint density at radius 2 is 2.15 bits per heavy atom. The molecule has 2 aromatic rings. The second kappa shape index (κ2) is 6.06. The van der Waals surface area contributed by atoms with Gasteiger partial charge in [-0.05, 0) is 29.3 Å². The number of hydrogen-bond acceptors (Lipinski definition) is 4. The molecule has 0 aliphatic carbocycles. The maximum Gasteiger partial charge on any atom is 0.243 e. The van der Waals surface area contributed by atoms with Gasteiger partial charge in [0.25, 0.3) is 0 Å². The van der Waals surface area contributed by atoms with Gasteiger partial charge in [-0.1, -0.05) is 0 Å². The predicted octanol–water partition coefficient (Wildman–Crippen LogP) is 1.06. The molecule has 110 valence electrons. The maximum atomic E-state index is 12.1. The Labute approximate surface area is 126 Å². The first-order chi connectivity index (χ1) is 9.38. The summed E-state index contributed by atoms with van der Waals surface area (Å²) >= 11 is 3.31. The average molecular weight is 362 g/mol. The van der Waals surface area contributed by atoms with E-state index in [0.29, 0.717) is 25.2 Å². The Morgan fingerprint density at radius 3 is 2.70 bits per heavy atom. The van der Waals surface area contributed by atoms with Gasteiger partial charge in [-0.15, -0.1) is 0 Å². The van der Waals surface area contributed by atoms with Gasteiger partial charge in [0.1, 0.15) is 4.90 Å². The van der Waals surface area contributed by atoms with Gasteiger partial charge in [-0.2, -0.15) is 10.2 Å². The van der Waals surface area contributed by atoms with Gasteiger partial charge in [0.05, 0.1) is 16.4 Å². The topological polar surface area (TPSA) is 81.8 Å². The molecule has 7 nitrogen and oxygen atoms in total. The van der Waals surface area contributed by atoms with Crippen molar-refractivity contribution in [3.8, 4) is 0 Å². The molecule has 1 N–H and O–H groups in total. The molecule has 0 spiro atoms. The third-order valence-electron chi connectivity index (χ3n) is 2.72. The first-order valence-electron chi connectivity index (χ1n) is 6.06. The predicted molar refractivity (Wildman–Crippen MR) is 77.7 cm³/mol. The van der Waals surface area contributed by atoms with Crippen LogP contribution in [0.3, 0.4) is 0 Å². The number of aromatic nitrogens is 4. The van der Waals surface area contributed by atoms with Crippen molar-refractivity contribution < 1.29 is 8.42 Å². The summed E-state index contributed by atoms with van der Waals surface area (Å²) in [4.78, 5) is 0.224. The first-order valence-corrected chi connectivity index (χ1v) is 8.34. The lowest BCUT2D eigenvalue weighted by Gasteiger charge is -2.05. The minimum absolute atomic E-state index is 0.224. The maximum absolute atomic E-state index is 12.1. The SMILES string of the molecule is Cc1nn(C)cc1S(=O)(=O)NCCCn1cc(Br)cn1. The highest BCUT2D eigenvalue weighted by molar-refractivity contribution is 9.10. The first kappa shape index (κ1) is 15.2. The molecule has 20 heavy (non-hydrogen) atoms. The lowest BCUT2D eigenvalue weighted by molar-refractivity contribution is 0.552. The lowest BCUT2D eigenvalue weighted by atomic mass is 10.4. The molecule has 0 saturated carbocycles. The largest absolute Gasteiger partial charge is 0.274 e. The lowest BCUT2D eigenvalue weighted by Crippen LogP contribution is -2.26. The van der Waals surface area contributed by atoms with Gasteiger partial charge in [-0.25, -0.2) is 13.1 Å². The van der Waals surface area contributed by atoms with Crippen molar-refractivity contribution >= 4 is 26.0 Å². The molecule has 0 unspecified atom stereocenters. The van der Waals surface area contributed by atoms with Crippen LogP contribution < -0.4 is 4.72 Å². The monoisotopic (exact) mass is 361 g/mol. The number of rotatable bonds is 6. The number of halogens is 1. The Balaban J connectivity index is 1.88. The fourth-order valence-corrected chi connectivity index (χ4v) is 3.45. The van der Waals surface area contributed by atoms with Crippen molar-refractivity contribution in [2.24, 2.45) is 7.05 Å². The summed E-state index contributed by atoms with van der Waals surface area (Å²) in [6.07, 6.45) is 5.71. The molecule has 0 fully saturated rings. The van der Waals surface area contributed by atoms with Crippen LogP contribution in [0.5, 0.6) is 0 Å². The quantitative estimate of drug-likeness (QED) is 0.779. The van der Waals surface area contributed by atoms with E-state index in [-0.39, 0.29) is 4.90 Å². The van der Waals surface area contributed by atoms with Crippen LogP contribution in [0.15, 0.2) is 28.0 Å². The average Bonchev–Trinajstić information content (AvgIpc) is 2.91. The van der Waals surface area contributed by atoms with Crippen LogP contribution in [-0.2, 0) is 23.6 Å². The van der Waals surface area contributed by atoms with E-state index in [1.807, 2.05) is 6.20 Å². The van der Waals surface area contributed by atoms with Crippen LogP contribution >= 0.6 is 15.9 Å². The Morgan fingerprint density at radius 1 is 1.40 bits per heavy atom. The zero-order valence-electron chi connectivity index (χ0n) is 11.2. The van der Waals surface area contributed by atoms with E-state index in [1.54, 1.807) is 24.9 Å². The zero-order valence-corrected chi connectivity index (χ0v) is 13.6. The third kappa shape index (κ3) is 3.68. The molecule has 0 aliphatic heterocycles. The van der Waals surface area contributed by atoms with E-state index in [1.165, 1.54) is 10.9 Å². The zero-order chi connectivity index (χ0) is 14.8. The summed E-state index contributed by atoms with van der Waals surface area (Å²) in [6.45, 7) is 2.68. The highest BCUT2D eigenvalue weighted by Gasteiger charge is 2.18. The number of aryl methyl sites for hydroxylation is 3. The number of nitrogens with zero attached hydrogens (tertiary/aromatic N) is 4. The van der Waals surface area contributed by atoms with Crippen molar-refractivity contribution in [2.45, 2.75) is 24.8 Å². The van der Waals surface area contributed by atoms with Crippen molar-refractivity contribution in [1.29, 1.82) is 0 Å². The van der Waals surface area contributed by atoms with Gasteiger partial charge in [0.2, 0.25) is 10.0 Å². The van der Waals surface area contributed by atoms with Crippen molar-refractivity contribution in [3.63, 3.8) is 0 Å². The van der Waals surface area contributed by atoms with Crippen LogP contribution in [0, 0.1) is 6.92 Å².